The number of hydrogen-bond acceptors (Lipinski definition) is 2. The van der Waals surface area contributed by atoms with Gasteiger partial charge in [0.05, 0.1) is 24.3 Å². The van der Waals surface area contributed by atoms with Crippen molar-refractivity contribution in [3.8, 4) is 5.69 Å². The summed E-state index contributed by atoms with van der Waals surface area (Å²) in [6.07, 6.45) is 6.86. The summed E-state index contributed by atoms with van der Waals surface area (Å²) in [5, 5.41) is 4.56. The van der Waals surface area contributed by atoms with Crippen molar-refractivity contribution in [3.63, 3.8) is 0 Å². The van der Waals surface area contributed by atoms with Gasteiger partial charge in [0.25, 0.3) is 0 Å². The van der Waals surface area contributed by atoms with Crippen LogP contribution in [0.4, 0.5) is 5.69 Å². The summed E-state index contributed by atoms with van der Waals surface area (Å²) in [5.74, 6) is 0.503. The first kappa shape index (κ1) is 22.1. The van der Waals surface area contributed by atoms with E-state index in [0.717, 1.165) is 36.2 Å². The smallest absolute Gasteiger partial charge is 0.234 e. The van der Waals surface area contributed by atoms with Crippen LogP contribution < -0.4 is 4.90 Å². The summed E-state index contributed by atoms with van der Waals surface area (Å²) in [7, 11) is 0. The Morgan fingerprint density at radius 2 is 1.74 bits per heavy atom. The molecule has 0 saturated carbocycles. The van der Waals surface area contributed by atoms with Gasteiger partial charge in [0.15, 0.2) is 0 Å². The van der Waals surface area contributed by atoms with E-state index in [1.807, 2.05) is 52.3 Å². The molecular weight excluding hydrogens is 418 g/mol. The number of fused-ring (bicyclic) bond motifs is 1. The average Bonchev–Trinajstić information content (AvgIpc) is 3.36. The summed E-state index contributed by atoms with van der Waals surface area (Å²) >= 11 is 0. The van der Waals surface area contributed by atoms with Crippen molar-refractivity contribution in [2.75, 3.05) is 4.90 Å². The van der Waals surface area contributed by atoms with E-state index in [-0.39, 0.29) is 11.8 Å². The zero-order chi connectivity index (χ0) is 23.5. The molecule has 0 saturated heterocycles. The van der Waals surface area contributed by atoms with Crippen LogP contribution in [-0.2, 0) is 17.8 Å². The van der Waals surface area contributed by atoms with E-state index >= 15 is 0 Å². The number of nitrogens with zero attached hydrogens (tertiary/aromatic N) is 3. The molecular formula is C30H31N3O. The quantitative estimate of drug-likeness (QED) is 0.331. The lowest BCUT2D eigenvalue weighted by atomic mass is 9.82. The average molecular weight is 450 g/mol. The topological polar surface area (TPSA) is 38.1 Å². The fraction of sp³-hybridized carbons (Fsp3) is 0.267. The second kappa shape index (κ2) is 9.68. The molecule has 172 valence electrons. The summed E-state index contributed by atoms with van der Waals surface area (Å²) in [4.78, 5) is 16.0. The fourth-order valence-electron chi connectivity index (χ4n) is 4.88. The van der Waals surface area contributed by atoms with Crippen molar-refractivity contribution in [3.05, 3.63) is 114 Å². The highest BCUT2D eigenvalue weighted by molar-refractivity contribution is 5.98. The fourth-order valence-corrected chi connectivity index (χ4v) is 4.88. The Balaban J connectivity index is 1.48. The van der Waals surface area contributed by atoms with E-state index in [2.05, 4.69) is 67.5 Å². The Kier molecular flexibility index (Phi) is 6.31. The van der Waals surface area contributed by atoms with Gasteiger partial charge < -0.3 is 4.90 Å². The molecule has 34 heavy (non-hydrogen) atoms. The van der Waals surface area contributed by atoms with Gasteiger partial charge in [-0.2, -0.15) is 5.10 Å². The molecule has 0 fully saturated rings. The van der Waals surface area contributed by atoms with Crippen LogP contribution >= 0.6 is 0 Å². The lowest BCUT2D eigenvalue weighted by molar-refractivity contribution is -0.120. The molecule has 1 aliphatic carbocycles. The van der Waals surface area contributed by atoms with Crippen LogP contribution in [0.5, 0.6) is 0 Å². The van der Waals surface area contributed by atoms with Crippen molar-refractivity contribution < 1.29 is 4.79 Å². The molecule has 0 N–H and O–H groups in total. The van der Waals surface area contributed by atoms with E-state index < -0.39 is 0 Å². The molecule has 4 heteroatoms. The minimum Gasteiger partial charge on any atom is -0.307 e. The molecule has 1 unspecified atom stereocenters. The maximum absolute atomic E-state index is 14.1. The third-order valence-corrected chi connectivity index (χ3v) is 6.80. The third kappa shape index (κ3) is 4.54. The minimum absolute atomic E-state index is 0.112. The number of aromatic nitrogens is 2. The van der Waals surface area contributed by atoms with Gasteiger partial charge in [-0.15, -0.1) is 0 Å². The Bertz CT molecular complexity index is 1260. The van der Waals surface area contributed by atoms with E-state index in [1.54, 1.807) is 0 Å². The van der Waals surface area contributed by atoms with Crippen LogP contribution in [0.3, 0.4) is 0 Å². The van der Waals surface area contributed by atoms with Gasteiger partial charge >= 0.3 is 0 Å². The highest BCUT2D eigenvalue weighted by Gasteiger charge is 2.31. The van der Waals surface area contributed by atoms with Gasteiger partial charge in [-0.1, -0.05) is 68.4 Å². The first-order valence-electron chi connectivity index (χ1n) is 12.2. The van der Waals surface area contributed by atoms with Gasteiger partial charge in [-0.3, -0.25) is 4.79 Å². The van der Waals surface area contributed by atoms with Crippen molar-refractivity contribution in [1.29, 1.82) is 0 Å². The number of benzene rings is 3. The molecule has 4 nitrogen and oxygen atoms in total. The van der Waals surface area contributed by atoms with E-state index in [0.29, 0.717) is 12.5 Å². The summed E-state index contributed by atoms with van der Waals surface area (Å²) in [6.45, 7) is 4.87. The number of para-hydroxylation sites is 1. The predicted molar refractivity (Wildman–Crippen MR) is 137 cm³/mol. The standard InChI is InChI=1S/C30H31N3O/c1-22(2)24-15-17-26(18-16-24)32(20-23-19-31-33(21-23)27-11-4-3-5-12-27)30(34)29-14-8-10-25-9-6-7-13-28(25)29/h3-7,9,11-13,15-19,21-22,29H,8,10,14,20H2,1-2H3. The molecule has 0 radical (unpaired) electrons. The van der Waals surface area contributed by atoms with Crippen LogP contribution in [0.25, 0.3) is 5.69 Å². The molecule has 1 aromatic heterocycles. The van der Waals surface area contributed by atoms with Gasteiger partial charge in [-0.05, 0) is 66.1 Å². The van der Waals surface area contributed by atoms with Crippen LogP contribution in [0.2, 0.25) is 0 Å². The second-order valence-electron chi connectivity index (χ2n) is 9.44. The van der Waals surface area contributed by atoms with Crippen molar-refractivity contribution >= 4 is 11.6 Å². The molecule has 0 aliphatic heterocycles. The molecule has 1 heterocycles. The molecule has 0 bridgehead atoms. The van der Waals surface area contributed by atoms with Crippen LogP contribution in [-0.4, -0.2) is 15.7 Å². The zero-order valence-electron chi connectivity index (χ0n) is 19.9. The minimum atomic E-state index is -0.112. The predicted octanol–water partition coefficient (Wildman–Crippen LogP) is 6.65. The highest BCUT2D eigenvalue weighted by atomic mass is 16.2. The molecule has 1 atom stereocenters. The highest BCUT2D eigenvalue weighted by Crippen LogP contribution is 2.35. The van der Waals surface area contributed by atoms with Crippen LogP contribution in [0.1, 0.15) is 60.8 Å². The van der Waals surface area contributed by atoms with E-state index in [4.69, 9.17) is 0 Å². The maximum atomic E-state index is 14.1. The number of aryl methyl sites for hydroxylation is 1. The number of carbonyl (C=O) groups excluding carboxylic acids is 1. The number of anilines is 1. The molecule has 4 aromatic rings. The van der Waals surface area contributed by atoms with E-state index in [9.17, 15) is 4.79 Å². The lowest BCUT2D eigenvalue weighted by Gasteiger charge is -2.31. The number of carbonyl (C=O) groups is 1. The first-order valence-corrected chi connectivity index (χ1v) is 12.2. The lowest BCUT2D eigenvalue weighted by Crippen LogP contribution is -2.36. The number of rotatable bonds is 6. The number of amides is 1. The Morgan fingerprint density at radius 3 is 2.50 bits per heavy atom. The van der Waals surface area contributed by atoms with Crippen molar-refractivity contribution in [2.24, 2.45) is 0 Å². The largest absolute Gasteiger partial charge is 0.307 e. The van der Waals surface area contributed by atoms with Crippen molar-refractivity contribution in [1.82, 2.24) is 9.78 Å². The Morgan fingerprint density at radius 1 is 1.00 bits per heavy atom. The number of hydrogen-bond donors (Lipinski definition) is 0. The van der Waals surface area contributed by atoms with Crippen LogP contribution in [0, 0.1) is 0 Å². The van der Waals surface area contributed by atoms with Gasteiger partial charge in [-0.25, -0.2) is 4.68 Å². The molecule has 5 rings (SSSR count). The summed E-state index contributed by atoms with van der Waals surface area (Å²) in [5.41, 5.74) is 6.71. The van der Waals surface area contributed by atoms with Gasteiger partial charge in [0.2, 0.25) is 5.91 Å². The molecule has 3 aromatic carbocycles. The van der Waals surface area contributed by atoms with Crippen molar-refractivity contribution in [2.45, 2.75) is 51.5 Å². The van der Waals surface area contributed by atoms with E-state index in [1.165, 1.54) is 16.7 Å². The maximum Gasteiger partial charge on any atom is 0.234 e. The third-order valence-electron chi connectivity index (χ3n) is 6.80. The van der Waals surface area contributed by atoms with Crippen LogP contribution in [0.15, 0.2) is 91.3 Å². The SMILES string of the molecule is CC(C)c1ccc(N(Cc2cnn(-c3ccccc3)c2)C(=O)C2CCCc3ccccc32)cc1. The Hall–Kier alpha value is -3.66. The monoisotopic (exact) mass is 449 g/mol. The van der Waals surface area contributed by atoms with Gasteiger partial charge in [0.1, 0.15) is 0 Å². The first-order chi connectivity index (χ1) is 16.6. The summed E-state index contributed by atoms with van der Waals surface area (Å²) < 4.78 is 1.87. The van der Waals surface area contributed by atoms with Gasteiger partial charge in [0, 0.05) is 17.4 Å². The normalized spacial score (nSPS) is 15.2. The zero-order valence-corrected chi connectivity index (χ0v) is 19.9. The molecule has 1 aliphatic rings. The summed E-state index contributed by atoms with van der Waals surface area (Å²) in [6, 6.07) is 26.9. The molecule has 1 amide bonds. The molecule has 0 spiro atoms. The Labute approximate surface area is 201 Å². The second-order valence-corrected chi connectivity index (χ2v) is 9.44.